The van der Waals surface area contributed by atoms with Gasteiger partial charge in [-0.3, -0.25) is 5.41 Å². The van der Waals surface area contributed by atoms with E-state index in [-0.39, 0.29) is 5.84 Å². The highest BCUT2D eigenvalue weighted by Crippen LogP contribution is 2.24. The molecule has 0 saturated heterocycles. The summed E-state index contributed by atoms with van der Waals surface area (Å²) in [6, 6.07) is 11.3. The molecule has 0 spiro atoms. The maximum Gasteiger partial charge on any atom is 0.155 e. The Kier molecular flexibility index (Phi) is 3.23. The average molecular weight is 241 g/mol. The number of amidine groups is 1. The lowest BCUT2D eigenvalue weighted by atomic mass is 10.1. The lowest BCUT2D eigenvalue weighted by Crippen LogP contribution is -2.19. The first kappa shape index (κ1) is 12.0. The number of aromatic nitrogens is 2. The zero-order valence-corrected chi connectivity index (χ0v) is 10.4. The molecule has 2 rings (SSSR count). The van der Waals surface area contributed by atoms with Crippen molar-refractivity contribution < 1.29 is 0 Å². The molecule has 5 heteroatoms. The summed E-state index contributed by atoms with van der Waals surface area (Å²) in [7, 11) is 1.88. The highest BCUT2D eigenvalue weighted by molar-refractivity contribution is 6.01. The molecule has 0 unspecified atom stereocenters. The van der Waals surface area contributed by atoms with Crippen LogP contribution in [0.4, 0.5) is 11.5 Å². The Hall–Kier alpha value is -2.43. The molecule has 0 saturated carbocycles. The number of nitrogens with one attached hydrogen (secondary N) is 1. The first-order valence-electron chi connectivity index (χ1n) is 5.57. The highest BCUT2D eigenvalue weighted by atomic mass is 15.2. The van der Waals surface area contributed by atoms with E-state index in [1.807, 2.05) is 55.3 Å². The van der Waals surface area contributed by atoms with Crippen molar-refractivity contribution in [2.45, 2.75) is 6.92 Å². The predicted molar refractivity (Wildman–Crippen MR) is 72.3 cm³/mol. The zero-order valence-electron chi connectivity index (χ0n) is 10.4. The van der Waals surface area contributed by atoms with Gasteiger partial charge < -0.3 is 10.6 Å². The van der Waals surface area contributed by atoms with Crippen molar-refractivity contribution >= 4 is 17.3 Å². The second-order valence-electron chi connectivity index (χ2n) is 4.02. The zero-order chi connectivity index (χ0) is 13.1. The molecule has 3 N–H and O–H groups in total. The Morgan fingerprint density at radius 2 is 1.89 bits per heavy atom. The van der Waals surface area contributed by atoms with E-state index in [0.717, 1.165) is 11.4 Å². The summed E-state index contributed by atoms with van der Waals surface area (Å²) in [6.07, 6.45) is 0. The molecular formula is C13H15N5. The highest BCUT2D eigenvalue weighted by Gasteiger charge is 2.11. The van der Waals surface area contributed by atoms with Gasteiger partial charge in [0, 0.05) is 12.6 Å². The number of anilines is 2. The number of hydrogen-bond acceptors (Lipinski definition) is 4. The fraction of sp³-hybridized carbons (Fsp3) is 0.154. The SMILES string of the molecule is Cc1ccc(N(C)c2ccccc2C(=N)N)nn1. The standard InChI is InChI=1S/C13H15N5/c1-9-7-8-12(17-16-9)18(2)11-6-4-3-5-10(11)13(14)15/h3-8H,1-2H3,(H3,14,15). The minimum Gasteiger partial charge on any atom is -0.384 e. The van der Waals surface area contributed by atoms with Crippen molar-refractivity contribution in [1.82, 2.24) is 10.2 Å². The van der Waals surface area contributed by atoms with E-state index in [2.05, 4.69) is 10.2 Å². The Labute approximate surface area is 106 Å². The summed E-state index contributed by atoms with van der Waals surface area (Å²) >= 11 is 0. The van der Waals surface area contributed by atoms with Crippen LogP contribution in [0.25, 0.3) is 0 Å². The van der Waals surface area contributed by atoms with Gasteiger partial charge in [0.15, 0.2) is 5.82 Å². The predicted octanol–water partition coefficient (Wildman–Crippen LogP) is 1.84. The van der Waals surface area contributed by atoms with E-state index in [4.69, 9.17) is 11.1 Å². The van der Waals surface area contributed by atoms with Gasteiger partial charge in [-0.2, -0.15) is 5.10 Å². The van der Waals surface area contributed by atoms with Gasteiger partial charge in [0.1, 0.15) is 5.84 Å². The van der Waals surface area contributed by atoms with Crippen LogP contribution in [0, 0.1) is 12.3 Å². The third-order valence-corrected chi connectivity index (χ3v) is 2.68. The quantitative estimate of drug-likeness (QED) is 0.634. The monoisotopic (exact) mass is 241 g/mol. The molecule has 1 heterocycles. The van der Waals surface area contributed by atoms with Crippen molar-refractivity contribution in [3.8, 4) is 0 Å². The van der Waals surface area contributed by atoms with Gasteiger partial charge in [-0.15, -0.1) is 5.10 Å². The fourth-order valence-corrected chi connectivity index (χ4v) is 1.69. The van der Waals surface area contributed by atoms with Gasteiger partial charge >= 0.3 is 0 Å². The van der Waals surface area contributed by atoms with Crippen LogP contribution in [0.15, 0.2) is 36.4 Å². The molecule has 0 atom stereocenters. The Bertz CT molecular complexity index is 562. The average Bonchev–Trinajstić information content (AvgIpc) is 2.39. The first-order valence-corrected chi connectivity index (χ1v) is 5.57. The fourth-order valence-electron chi connectivity index (χ4n) is 1.69. The lowest BCUT2D eigenvalue weighted by Gasteiger charge is -2.20. The molecule has 1 aromatic carbocycles. The summed E-state index contributed by atoms with van der Waals surface area (Å²) in [5.74, 6) is 0.756. The summed E-state index contributed by atoms with van der Waals surface area (Å²) in [5.41, 5.74) is 7.96. The van der Waals surface area contributed by atoms with E-state index >= 15 is 0 Å². The van der Waals surface area contributed by atoms with Crippen molar-refractivity contribution in [2.24, 2.45) is 5.73 Å². The van der Waals surface area contributed by atoms with Crippen LogP contribution in [0.3, 0.4) is 0 Å². The van der Waals surface area contributed by atoms with Gasteiger partial charge in [0.25, 0.3) is 0 Å². The molecule has 0 aliphatic heterocycles. The van der Waals surface area contributed by atoms with Crippen LogP contribution in [0.2, 0.25) is 0 Å². The molecule has 0 amide bonds. The molecule has 0 fully saturated rings. The Morgan fingerprint density at radius 1 is 1.17 bits per heavy atom. The van der Waals surface area contributed by atoms with E-state index in [9.17, 15) is 0 Å². The van der Waals surface area contributed by atoms with Crippen molar-refractivity contribution in [2.75, 3.05) is 11.9 Å². The lowest BCUT2D eigenvalue weighted by molar-refractivity contribution is 0.951. The van der Waals surface area contributed by atoms with Crippen molar-refractivity contribution in [3.05, 3.63) is 47.7 Å². The maximum atomic E-state index is 7.58. The number of nitrogen functional groups attached to an aromatic ring is 1. The molecule has 0 bridgehead atoms. The van der Waals surface area contributed by atoms with E-state index in [0.29, 0.717) is 11.4 Å². The van der Waals surface area contributed by atoms with Crippen LogP contribution >= 0.6 is 0 Å². The van der Waals surface area contributed by atoms with Crippen LogP contribution in [0.1, 0.15) is 11.3 Å². The second-order valence-corrected chi connectivity index (χ2v) is 4.02. The number of rotatable bonds is 3. The summed E-state index contributed by atoms with van der Waals surface area (Å²) in [4.78, 5) is 1.86. The molecular weight excluding hydrogens is 226 g/mol. The van der Waals surface area contributed by atoms with Crippen LogP contribution in [-0.4, -0.2) is 23.1 Å². The largest absolute Gasteiger partial charge is 0.384 e. The maximum absolute atomic E-state index is 7.58. The minimum absolute atomic E-state index is 0.0394. The minimum atomic E-state index is 0.0394. The van der Waals surface area contributed by atoms with Crippen LogP contribution in [0.5, 0.6) is 0 Å². The molecule has 0 radical (unpaired) electrons. The van der Waals surface area contributed by atoms with Gasteiger partial charge in [-0.25, -0.2) is 0 Å². The second kappa shape index (κ2) is 4.83. The summed E-state index contributed by atoms with van der Waals surface area (Å²) in [5, 5.41) is 15.7. The number of hydrogen-bond donors (Lipinski definition) is 2. The molecule has 2 aromatic rings. The van der Waals surface area contributed by atoms with Gasteiger partial charge in [0.2, 0.25) is 0 Å². The third kappa shape index (κ3) is 2.29. The number of para-hydroxylation sites is 1. The number of aryl methyl sites for hydroxylation is 1. The van der Waals surface area contributed by atoms with Gasteiger partial charge in [0.05, 0.1) is 11.4 Å². The number of nitrogens with two attached hydrogens (primary N) is 1. The molecule has 5 nitrogen and oxygen atoms in total. The molecule has 0 aliphatic carbocycles. The van der Waals surface area contributed by atoms with E-state index in [1.54, 1.807) is 0 Å². The van der Waals surface area contributed by atoms with Gasteiger partial charge in [-0.1, -0.05) is 12.1 Å². The van der Waals surface area contributed by atoms with Crippen molar-refractivity contribution in [1.29, 1.82) is 5.41 Å². The molecule has 92 valence electrons. The van der Waals surface area contributed by atoms with Crippen LogP contribution < -0.4 is 10.6 Å². The third-order valence-electron chi connectivity index (χ3n) is 2.68. The normalized spacial score (nSPS) is 10.1. The van der Waals surface area contributed by atoms with Crippen LogP contribution in [-0.2, 0) is 0 Å². The molecule has 1 aromatic heterocycles. The molecule has 0 aliphatic rings. The van der Waals surface area contributed by atoms with E-state index < -0.39 is 0 Å². The van der Waals surface area contributed by atoms with Gasteiger partial charge in [-0.05, 0) is 31.2 Å². The Morgan fingerprint density at radius 3 is 2.50 bits per heavy atom. The van der Waals surface area contributed by atoms with Crippen molar-refractivity contribution in [3.63, 3.8) is 0 Å². The topological polar surface area (TPSA) is 78.9 Å². The smallest absolute Gasteiger partial charge is 0.155 e. The molecule has 18 heavy (non-hydrogen) atoms. The summed E-state index contributed by atoms with van der Waals surface area (Å²) < 4.78 is 0. The van der Waals surface area contributed by atoms with E-state index in [1.165, 1.54) is 0 Å². The number of benzene rings is 1. The number of nitrogens with zero attached hydrogens (tertiary/aromatic N) is 3. The summed E-state index contributed by atoms with van der Waals surface area (Å²) in [6.45, 7) is 1.89. The Balaban J connectivity index is 2.42. The first-order chi connectivity index (χ1) is 8.59.